The van der Waals surface area contributed by atoms with Gasteiger partial charge in [-0.15, -0.1) is 11.8 Å². The fourth-order valence-corrected chi connectivity index (χ4v) is 2.67. The molecule has 3 N–H and O–H groups in total. The van der Waals surface area contributed by atoms with Gasteiger partial charge in [-0.2, -0.15) is 0 Å². The molecule has 0 saturated carbocycles. The highest BCUT2D eigenvalue weighted by Gasteiger charge is 2.15. The Balaban J connectivity index is 2.06. The third-order valence-electron chi connectivity index (χ3n) is 2.61. The van der Waals surface area contributed by atoms with Crippen molar-refractivity contribution in [2.75, 3.05) is 5.75 Å². The lowest BCUT2D eigenvalue weighted by Gasteiger charge is -2.15. The van der Waals surface area contributed by atoms with Gasteiger partial charge in [0.05, 0.1) is 16.8 Å². The predicted molar refractivity (Wildman–Crippen MR) is 76.1 cm³/mol. The van der Waals surface area contributed by atoms with Crippen molar-refractivity contribution in [1.82, 2.24) is 4.98 Å². The smallest absolute Gasteiger partial charge is 0.0990 e. The van der Waals surface area contributed by atoms with Gasteiger partial charge in [0.2, 0.25) is 0 Å². The number of hydrogen-bond acceptors (Lipinski definition) is 3. The van der Waals surface area contributed by atoms with Crippen molar-refractivity contribution in [2.24, 2.45) is 5.73 Å². The molecule has 4 heteroatoms. The molecular weight excluding hydrogens is 242 g/mol. The maximum absolute atomic E-state index is 7.70. The van der Waals surface area contributed by atoms with Crippen molar-refractivity contribution in [1.29, 1.82) is 5.41 Å². The Morgan fingerprint density at radius 2 is 1.89 bits per heavy atom. The summed E-state index contributed by atoms with van der Waals surface area (Å²) in [5.41, 5.74) is 6.76. The second-order valence-electron chi connectivity index (χ2n) is 3.90. The zero-order valence-electron chi connectivity index (χ0n) is 9.91. The first kappa shape index (κ1) is 12.6. The van der Waals surface area contributed by atoms with E-state index >= 15 is 0 Å². The van der Waals surface area contributed by atoms with E-state index in [1.807, 2.05) is 48.5 Å². The summed E-state index contributed by atoms with van der Waals surface area (Å²) in [4.78, 5) is 4.26. The molecule has 2 aromatic rings. The fraction of sp³-hybridized carbons (Fsp3) is 0.143. The first-order valence-electron chi connectivity index (χ1n) is 5.70. The summed E-state index contributed by atoms with van der Waals surface area (Å²) >= 11 is 1.62. The molecule has 0 bridgehead atoms. The average molecular weight is 257 g/mol. The van der Waals surface area contributed by atoms with Gasteiger partial charge in [0.1, 0.15) is 0 Å². The Labute approximate surface area is 111 Å². The Morgan fingerprint density at radius 3 is 2.50 bits per heavy atom. The first-order chi connectivity index (χ1) is 8.77. The summed E-state index contributed by atoms with van der Waals surface area (Å²) in [5, 5.41) is 8.66. The molecule has 2 rings (SSSR count). The Bertz CT molecular complexity index is 499. The van der Waals surface area contributed by atoms with E-state index in [0.29, 0.717) is 0 Å². The number of hydrogen-bond donors (Lipinski definition) is 2. The number of benzene rings is 1. The molecule has 0 aliphatic carbocycles. The predicted octanol–water partition coefficient (Wildman–Crippen LogP) is 2.89. The van der Waals surface area contributed by atoms with Gasteiger partial charge in [0.25, 0.3) is 0 Å². The largest absolute Gasteiger partial charge is 0.387 e. The Kier molecular flexibility index (Phi) is 4.36. The van der Waals surface area contributed by atoms with Crippen LogP contribution in [0.25, 0.3) is 0 Å². The van der Waals surface area contributed by atoms with Crippen LogP contribution in [0.5, 0.6) is 0 Å². The molecule has 18 heavy (non-hydrogen) atoms. The van der Waals surface area contributed by atoms with E-state index < -0.39 is 0 Å². The minimum Gasteiger partial charge on any atom is -0.387 e. The number of thioether (sulfide) groups is 1. The zero-order valence-corrected chi connectivity index (χ0v) is 10.7. The molecule has 1 heterocycles. The van der Waals surface area contributed by atoms with E-state index in [9.17, 15) is 0 Å². The van der Waals surface area contributed by atoms with Gasteiger partial charge in [0.15, 0.2) is 0 Å². The zero-order chi connectivity index (χ0) is 12.8. The molecule has 0 aliphatic heterocycles. The number of pyridine rings is 1. The second kappa shape index (κ2) is 6.21. The summed E-state index contributed by atoms with van der Waals surface area (Å²) in [6.45, 7) is 0. The third kappa shape index (κ3) is 3.34. The van der Waals surface area contributed by atoms with Crippen LogP contribution in [0, 0.1) is 5.41 Å². The van der Waals surface area contributed by atoms with Crippen molar-refractivity contribution in [3.05, 3.63) is 60.3 Å². The van der Waals surface area contributed by atoms with E-state index in [1.54, 1.807) is 18.0 Å². The van der Waals surface area contributed by atoms with Gasteiger partial charge in [-0.3, -0.25) is 5.41 Å². The number of nitrogens with zero attached hydrogens (tertiary/aromatic N) is 1. The molecule has 0 radical (unpaired) electrons. The monoisotopic (exact) mass is 257 g/mol. The number of aromatic nitrogens is 1. The highest BCUT2D eigenvalue weighted by Crippen LogP contribution is 2.24. The Hall–Kier alpha value is -1.81. The van der Waals surface area contributed by atoms with Crippen molar-refractivity contribution in [2.45, 2.75) is 10.9 Å². The normalized spacial score (nSPS) is 12.0. The molecule has 1 unspecified atom stereocenters. The first-order valence-corrected chi connectivity index (χ1v) is 6.68. The number of nitrogens with two attached hydrogens (primary N) is 1. The van der Waals surface area contributed by atoms with E-state index in [-0.39, 0.29) is 11.8 Å². The van der Waals surface area contributed by atoms with Crippen molar-refractivity contribution in [3.8, 4) is 0 Å². The van der Waals surface area contributed by atoms with E-state index in [2.05, 4.69) is 4.98 Å². The quantitative estimate of drug-likeness (QED) is 0.492. The summed E-state index contributed by atoms with van der Waals surface area (Å²) < 4.78 is 0. The number of nitrogens with one attached hydrogen (secondary N) is 1. The molecular formula is C14H15N3S. The van der Waals surface area contributed by atoms with Gasteiger partial charge < -0.3 is 5.73 Å². The van der Waals surface area contributed by atoms with Gasteiger partial charge in [-0.25, -0.2) is 4.98 Å². The maximum Gasteiger partial charge on any atom is 0.0990 e. The lowest BCUT2D eigenvalue weighted by Crippen LogP contribution is -2.22. The molecule has 0 spiro atoms. The molecule has 92 valence electrons. The van der Waals surface area contributed by atoms with Crippen LogP contribution >= 0.6 is 11.8 Å². The molecule has 0 amide bonds. The average Bonchev–Trinajstić information content (AvgIpc) is 2.41. The van der Waals surface area contributed by atoms with Crippen molar-refractivity contribution < 1.29 is 0 Å². The third-order valence-corrected chi connectivity index (χ3v) is 3.65. The lowest BCUT2D eigenvalue weighted by molar-refractivity contribution is 1.000. The van der Waals surface area contributed by atoms with Crippen LogP contribution in [0.3, 0.4) is 0 Å². The summed E-state index contributed by atoms with van der Waals surface area (Å²) in [6.07, 6.45) is 1.77. The second-order valence-corrected chi connectivity index (χ2v) is 4.94. The van der Waals surface area contributed by atoms with Crippen LogP contribution < -0.4 is 5.73 Å². The lowest BCUT2D eigenvalue weighted by atomic mass is 10.0. The van der Waals surface area contributed by atoms with Crippen LogP contribution in [0.2, 0.25) is 0 Å². The molecule has 1 atom stereocenters. The number of rotatable bonds is 5. The highest BCUT2D eigenvalue weighted by molar-refractivity contribution is 7.99. The standard InChI is InChI=1S/C14H15N3S/c15-14(16)12(11-6-2-1-3-7-11)10-18-13-8-4-5-9-17-13/h1-9,12H,10H2,(H3,15,16). The van der Waals surface area contributed by atoms with Crippen LogP contribution in [0.15, 0.2) is 59.8 Å². The van der Waals surface area contributed by atoms with Gasteiger partial charge in [-0.05, 0) is 17.7 Å². The molecule has 1 aromatic heterocycles. The van der Waals surface area contributed by atoms with Gasteiger partial charge in [0, 0.05) is 11.9 Å². The summed E-state index contributed by atoms with van der Waals surface area (Å²) in [5.74, 6) is 0.874. The Morgan fingerprint density at radius 1 is 1.17 bits per heavy atom. The fourth-order valence-electron chi connectivity index (χ4n) is 1.65. The topological polar surface area (TPSA) is 62.8 Å². The van der Waals surface area contributed by atoms with Gasteiger partial charge in [-0.1, -0.05) is 36.4 Å². The summed E-state index contributed by atoms with van der Waals surface area (Å²) in [7, 11) is 0. The number of amidine groups is 1. The van der Waals surface area contributed by atoms with E-state index in [0.717, 1.165) is 16.3 Å². The molecule has 0 aliphatic rings. The highest BCUT2D eigenvalue weighted by atomic mass is 32.2. The van der Waals surface area contributed by atoms with Crippen LogP contribution in [0.1, 0.15) is 11.5 Å². The van der Waals surface area contributed by atoms with Crippen molar-refractivity contribution >= 4 is 17.6 Å². The van der Waals surface area contributed by atoms with Crippen LogP contribution in [-0.4, -0.2) is 16.6 Å². The SMILES string of the molecule is N=C(N)C(CSc1ccccn1)c1ccccc1. The van der Waals surface area contributed by atoms with Crippen LogP contribution in [-0.2, 0) is 0 Å². The summed E-state index contributed by atoms with van der Waals surface area (Å²) in [6, 6.07) is 15.7. The minimum atomic E-state index is -0.0572. The molecule has 1 aromatic carbocycles. The molecule has 0 saturated heterocycles. The van der Waals surface area contributed by atoms with Gasteiger partial charge >= 0.3 is 0 Å². The molecule has 0 fully saturated rings. The molecule has 3 nitrogen and oxygen atoms in total. The van der Waals surface area contributed by atoms with Crippen molar-refractivity contribution in [3.63, 3.8) is 0 Å². The van der Waals surface area contributed by atoms with Crippen LogP contribution in [0.4, 0.5) is 0 Å². The van der Waals surface area contributed by atoms with E-state index in [4.69, 9.17) is 11.1 Å². The maximum atomic E-state index is 7.70. The van der Waals surface area contributed by atoms with E-state index in [1.165, 1.54) is 0 Å². The minimum absolute atomic E-state index is 0.0572.